The van der Waals surface area contributed by atoms with Crippen molar-refractivity contribution in [3.8, 4) is 11.3 Å². The van der Waals surface area contributed by atoms with Gasteiger partial charge in [0, 0.05) is 50.9 Å². The second kappa shape index (κ2) is 8.45. The van der Waals surface area contributed by atoms with Gasteiger partial charge in [0.05, 0.1) is 17.5 Å². The van der Waals surface area contributed by atoms with Crippen LogP contribution in [0.4, 0.5) is 0 Å². The predicted molar refractivity (Wildman–Crippen MR) is 111 cm³/mol. The van der Waals surface area contributed by atoms with Gasteiger partial charge in [-0.05, 0) is 32.7 Å². The molecule has 150 valence electrons. The molecule has 6 heteroatoms. The van der Waals surface area contributed by atoms with Crippen LogP contribution in [0.5, 0.6) is 0 Å². The second-order valence-electron chi connectivity index (χ2n) is 8.23. The van der Waals surface area contributed by atoms with Gasteiger partial charge >= 0.3 is 0 Å². The predicted octanol–water partition coefficient (Wildman–Crippen LogP) is 2.56. The van der Waals surface area contributed by atoms with Crippen LogP contribution < -0.4 is 0 Å². The Bertz CT molecular complexity index is 773. The van der Waals surface area contributed by atoms with Crippen LogP contribution in [0, 0.1) is 5.92 Å². The number of benzene rings is 1. The van der Waals surface area contributed by atoms with Crippen molar-refractivity contribution in [3.63, 3.8) is 0 Å². The van der Waals surface area contributed by atoms with Gasteiger partial charge in [0.1, 0.15) is 0 Å². The van der Waals surface area contributed by atoms with E-state index in [4.69, 9.17) is 0 Å². The summed E-state index contributed by atoms with van der Waals surface area (Å²) in [5.41, 5.74) is 2.50. The van der Waals surface area contributed by atoms with E-state index in [0.717, 1.165) is 63.4 Å². The largest absolute Gasteiger partial charge is 0.339 e. The van der Waals surface area contributed by atoms with Gasteiger partial charge in [-0.2, -0.15) is 5.10 Å². The third-order valence-corrected chi connectivity index (χ3v) is 6.56. The summed E-state index contributed by atoms with van der Waals surface area (Å²) < 4.78 is 0. The number of hydrogen-bond donors (Lipinski definition) is 1. The molecule has 1 amide bonds. The van der Waals surface area contributed by atoms with E-state index in [1.807, 2.05) is 35.2 Å². The molecule has 0 unspecified atom stereocenters. The Balaban J connectivity index is 1.37. The first-order valence-electron chi connectivity index (χ1n) is 10.4. The number of likely N-dealkylation sites (N-methyl/N-ethyl adjacent to an activating group) is 1. The Morgan fingerprint density at radius 1 is 1.07 bits per heavy atom. The highest BCUT2D eigenvalue weighted by atomic mass is 16.2. The monoisotopic (exact) mass is 381 g/mol. The molecule has 6 nitrogen and oxygen atoms in total. The Kier molecular flexibility index (Phi) is 5.78. The van der Waals surface area contributed by atoms with E-state index in [1.54, 1.807) is 6.20 Å². The van der Waals surface area contributed by atoms with Crippen LogP contribution >= 0.6 is 0 Å². The third-order valence-electron chi connectivity index (χ3n) is 6.56. The number of amides is 1. The van der Waals surface area contributed by atoms with E-state index >= 15 is 0 Å². The van der Waals surface area contributed by atoms with Gasteiger partial charge < -0.3 is 9.80 Å². The molecule has 2 fully saturated rings. The molecule has 0 saturated carbocycles. The van der Waals surface area contributed by atoms with E-state index in [2.05, 4.69) is 34.0 Å². The Morgan fingerprint density at radius 2 is 1.75 bits per heavy atom. The standard InChI is InChI=1S/C22H31N5O/c1-17(26-14-12-25(2)13-15-26)18-8-10-27(11-9-18)22(28)20-16-23-24-21(20)19-6-4-3-5-7-19/h3-7,16-18H,8-15H2,1-2H3,(H,23,24)/t17-/m1/s1. The van der Waals surface area contributed by atoms with Crippen LogP contribution in [0.3, 0.4) is 0 Å². The summed E-state index contributed by atoms with van der Waals surface area (Å²) in [5, 5.41) is 7.15. The number of rotatable bonds is 4. The van der Waals surface area contributed by atoms with Crippen LogP contribution in [0.2, 0.25) is 0 Å². The van der Waals surface area contributed by atoms with E-state index in [0.29, 0.717) is 17.5 Å². The van der Waals surface area contributed by atoms with E-state index in [-0.39, 0.29) is 5.91 Å². The molecule has 2 aliphatic heterocycles. The number of H-pyrrole nitrogens is 1. The first-order valence-corrected chi connectivity index (χ1v) is 10.4. The molecular weight excluding hydrogens is 350 g/mol. The van der Waals surface area contributed by atoms with Crippen LogP contribution in [0.1, 0.15) is 30.1 Å². The number of hydrogen-bond acceptors (Lipinski definition) is 4. The summed E-state index contributed by atoms with van der Waals surface area (Å²) in [6, 6.07) is 10.6. The SMILES string of the molecule is C[C@H](C1CCN(C(=O)c2cn[nH]c2-c2ccccc2)CC1)N1CCN(C)CC1. The highest BCUT2D eigenvalue weighted by Gasteiger charge is 2.31. The maximum atomic E-state index is 13.1. The van der Waals surface area contributed by atoms with Crippen molar-refractivity contribution >= 4 is 5.91 Å². The van der Waals surface area contributed by atoms with Gasteiger partial charge in [-0.3, -0.25) is 14.8 Å². The number of nitrogens with one attached hydrogen (secondary N) is 1. The van der Waals surface area contributed by atoms with Crippen molar-refractivity contribution < 1.29 is 4.79 Å². The van der Waals surface area contributed by atoms with Gasteiger partial charge in [-0.15, -0.1) is 0 Å². The Labute approximate surface area is 167 Å². The molecule has 2 saturated heterocycles. The van der Waals surface area contributed by atoms with Crippen molar-refractivity contribution in [2.24, 2.45) is 5.92 Å². The number of carbonyl (C=O) groups excluding carboxylic acids is 1. The molecule has 1 N–H and O–H groups in total. The molecule has 0 aliphatic carbocycles. The number of piperidine rings is 1. The fourth-order valence-corrected chi connectivity index (χ4v) is 4.56. The molecular formula is C22H31N5O. The minimum absolute atomic E-state index is 0.0957. The molecule has 1 aromatic heterocycles. The molecule has 4 rings (SSSR count). The van der Waals surface area contributed by atoms with Gasteiger partial charge in [-0.1, -0.05) is 30.3 Å². The van der Waals surface area contributed by atoms with Crippen molar-refractivity contribution in [1.29, 1.82) is 0 Å². The number of piperazine rings is 1. The zero-order valence-corrected chi connectivity index (χ0v) is 17.0. The molecule has 28 heavy (non-hydrogen) atoms. The highest BCUT2D eigenvalue weighted by Crippen LogP contribution is 2.27. The lowest BCUT2D eigenvalue weighted by atomic mass is 9.88. The van der Waals surface area contributed by atoms with Gasteiger partial charge in [-0.25, -0.2) is 0 Å². The summed E-state index contributed by atoms with van der Waals surface area (Å²) in [6.45, 7) is 8.67. The maximum Gasteiger partial charge on any atom is 0.257 e. The van der Waals surface area contributed by atoms with Crippen molar-refractivity contribution in [2.45, 2.75) is 25.8 Å². The van der Waals surface area contributed by atoms with Crippen molar-refractivity contribution in [3.05, 3.63) is 42.1 Å². The van der Waals surface area contributed by atoms with Crippen molar-refractivity contribution in [2.75, 3.05) is 46.3 Å². The summed E-state index contributed by atoms with van der Waals surface area (Å²) in [5.74, 6) is 0.767. The number of aromatic amines is 1. The quantitative estimate of drug-likeness (QED) is 0.884. The van der Waals surface area contributed by atoms with Gasteiger partial charge in [0.2, 0.25) is 0 Å². The zero-order chi connectivity index (χ0) is 19.5. The number of likely N-dealkylation sites (tertiary alicyclic amines) is 1. The molecule has 1 atom stereocenters. The Hall–Kier alpha value is -2.18. The van der Waals surface area contributed by atoms with Crippen LogP contribution in [0.15, 0.2) is 36.5 Å². The summed E-state index contributed by atoms with van der Waals surface area (Å²) >= 11 is 0. The average Bonchev–Trinajstić information content (AvgIpc) is 3.24. The first kappa shape index (κ1) is 19.2. The van der Waals surface area contributed by atoms with Crippen molar-refractivity contribution in [1.82, 2.24) is 24.9 Å². The van der Waals surface area contributed by atoms with Crippen LogP contribution in [-0.4, -0.2) is 83.2 Å². The third kappa shape index (κ3) is 3.98. The smallest absolute Gasteiger partial charge is 0.257 e. The van der Waals surface area contributed by atoms with E-state index in [9.17, 15) is 4.79 Å². The van der Waals surface area contributed by atoms with Crippen LogP contribution in [-0.2, 0) is 0 Å². The number of carbonyl (C=O) groups is 1. The van der Waals surface area contributed by atoms with E-state index in [1.165, 1.54) is 0 Å². The molecule has 0 bridgehead atoms. The maximum absolute atomic E-state index is 13.1. The Morgan fingerprint density at radius 3 is 2.43 bits per heavy atom. The summed E-state index contributed by atoms with van der Waals surface area (Å²) in [7, 11) is 2.20. The van der Waals surface area contributed by atoms with Gasteiger partial charge in [0.25, 0.3) is 5.91 Å². The number of aromatic nitrogens is 2. The lowest BCUT2D eigenvalue weighted by Crippen LogP contribution is -2.52. The average molecular weight is 382 g/mol. The minimum Gasteiger partial charge on any atom is -0.339 e. The molecule has 0 spiro atoms. The molecule has 3 heterocycles. The summed E-state index contributed by atoms with van der Waals surface area (Å²) in [6.07, 6.45) is 3.83. The molecule has 2 aromatic rings. The first-order chi connectivity index (χ1) is 13.6. The molecule has 2 aliphatic rings. The lowest BCUT2D eigenvalue weighted by molar-refractivity contribution is 0.0500. The van der Waals surface area contributed by atoms with Crippen LogP contribution in [0.25, 0.3) is 11.3 Å². The fraction of sp³-hybridized carbons (Fsp3) is 0.545. The lowest BCUT2D eigenvalue weighted by Gasteiger charge is -2.42. The van der Waals surface area contributed by atoms with E-state index < -0.39 is 0 Å². The summed E-state index contributed by atoms with van der Waals surface area (Å²) in [4.78, 5) is 20.2. The molecule has 1 aromatic carbocycles. The second-order valence-corrected chi connectivity index (χ2v) is 8.23. The van der Waals surface area contributed by atoms with Gasteiger partial charge in [0.15, 0.2) is 0 Å². The minimum atomic E-state index is 0.0957. The highest BCUT2D eigenvalue weighted by molar-refractivity contribution is 5.99. The number of nitrogens with zero attached hydrogens (tertiary/aromatic N) is 4. The topological polar surface area (TPSA) is 55.5 Å². The fourth-order valence-electron chi connectivity index (χ4n) is 4.56. The zero-order valence-electron chi connectivity index (χ0n) is 17.0. The normalized spacial score (nSPS) is 21.0. The molecule has 0 radical (unpaired) electrons.